The van der Waals surface area contributed by atoms with Crippen molar-refractivity contribution in [2.24, 2.45) is 5.10 Å². The predicted molar refractivity (Wildman–Crippen MR) is 96.8 cm³/mol. The SMILES string of the molecule is O=C(CCC(=O)N1CCC(c2ccccc2)=N1)NCc1ccccc1F. The van der Waals surface area contributed by atoms with Crippen LogP contribution in [0.5, 0.6) is 0 Å². The molecule has 0 aromatic heterocycles. The Kier molecular flexibility index (Phi) is 5.73. The van der Waals surface area contributed by atoms with Crippen LogP contribution < -0.4 is 5.32 Å². The molecular weight excluding hydrogens is 333 g/mol. The molecule has 1 heterocycles. The fourth-order valence-corrected chi connectivity index (χ4v) is 2.74. The first-order valence-electron chi connectivity index (χ1n) is 8.57. The van der Waals surface area contributed by atoms with Crippen LogP contribution in [0.2, 0.25) is 0 Å². The zero-order valence-electron chi connectivity index (χ0n) is 14.3. The van der Waals surface area contributed by atoms with E-state index in [9.17, 15) is 14.0 Å². The summed E-state index contributed by atoms with van der Waals surface area (Å²) in [4.78, 5) is 24.1. The molecule has 0 saturated carbocycles. The third-order valence-electron chi connectivity index (χ3n) is 4.20. The van der Waals surface area contributed by atoms with Gasteiger partial charge in [-0.2, -0.15) is 5.10 Å². The summed E-state index contributed by atoms with van der Waals surface area (Å²) in [5, 5.41) is 8.42. The first-order chi connectivity index (χ1) is 12.6. The summed E-state index contributed by atoms with van der Waals surface area (Å²) >= 11 is 0. The molecule has 26 heavy (non-hydrogen) atoms. The molecule has 0 bridgehead atoms. The lowest BCUT2D eigenvalue weighted by molar-refractivity contribution is -0.133. The largest absolute Gasteiger partial charge is 0.352 e. The molecule has 6 heteroatoms. The number of carbonyl (C=O) groups is 2. The van der Waals surface area contributed by atoms with Crippen molar-refractivity contribution in [3.63, 3.8) is 0 Å². The molecule has 0 fully saturated rings. The maximum absolute atomic E-state index is 13.5. The molecule has 0 unspecified atom stereocenters. The zero-order chi connectivity index (χ0) is 18.4. The smallest absolute Gasteiger partial charge is 0.243 e. The molecule has 1 aliphatic heterocycles. The van der Waals surface area contributed by atoms with Crippen molar-refractivity contribution in [2.45, 2.75) is 25.8 Å². The van der Waals surface area contributed by atoms with Crippen molar-refractivity contribution in [3.05, 3.63) is 71.5 Å². The minimum atomic E-state index is -0.358. The summed E-state index contributed by atoms with van der Waals surface area (Å²) in [6, 6.07) is 16.0. The summed E-state index contributed by atoms with van der Waals surface area (Å²) in [6.45, 7) is 0.639. The van der Waals surface area contributed by atoms with Gasteiger partial charge in [0.25, 0.3) is 0 Å². The van der Waals surface area contributed by atoms with Gasteiger partial charge in [0.2, 0.25) is 11.8 Å². The Morgan fingerprint density at radius 2 is 1.77 bits per heavy atom. The summed E-state index contributed by atoms with van der Waals surface area (Å²) < 4.78 is 13.5. The second-order valence-corrected chi connectivity index (χ2v) is 6.05. The molecule has 1 aliphatic rings. The number of hydrogen-bond donors (Lipinski definition) is 1. The third-order valence-corrected chi connectivity index (χ3v) is 4.20. The summed E-state index contributed by atoms with van der Waals surface area (Å²) in [7, 11) is 0. The number of carbonyl (C=O) groups excluding carboxylic acids is 2. The number of benzene rings is 2. The number of nitrogens with zero attached hydrogens (tertiary/aromatic N) is 2. The van der Waals surface area contributed by atoms with Crippen molar-refractivity contribution in [1.29, 1.82) is 0 Å². The quantitative estimate of drug-likeness (QED) is 0.868. The first kappa shape index (κ1) is 17.8. The second-order valence-electron chi connectivity index (χ2n) is 6.05. The van der Waals surface area contributed by atoms with E-state index in [1.54, 1.807) is 18.2 Å². The Morgan fingerprint density at radius 3 is 2.54 bits per heavy atom. The van der Waals surface area contributed by atoms with Gasteiger partial charge in [-0.05, 0) is 11.6 Å². The van der Waals surface area contributed by atoms with Gasteiger partial charge >= 0.3 is 0 Å². The Bertz CT molecular complexity index is 821. The summed E-state index contributed by atoms with van der Waals surface area (Å²) in [6.07, 6.45) is 0.837. The highest BCUT2D eigenvalue weighted by Crippen LogP contribution is 2.15. The van der Waals surface area contributed by atoms with Crippen LogP contribution in [0.1, 0.15) is 30.4 Å². The molecule has 2 aromatic rings. The van der Waals surface area contributed by atoms with Gasteiger partial charge in [-0.25, -0.2) is 9.40 Å². The highest BCUT2D eigenvalue weighted by molar-refractivity contribution is 6.02. The van der Waals surface area contributed by atoms with Crippen molar-refractivity contribution < 1.29 is 14.0 Å². The van der Waals surface area contributed by atoms with E-state index in [0.29, 0.717) is 18.5 Å². The molecule has 3 rings (SSSR count). The second kappa shape index (κ2) is 8.38. The first-order valence-corrected chi connectivity index (χ1v) is 8.57. The number of hydrogen-bond acceptors (Lipinski definition) is 3. The summed E-state index contributed by atoms with van der Waals surface area (Å²) in [5.74, 6) is -0.825. The lowest BCUT2D eigenvalue weighted by atomic mass is 10.1. The molecule has 0 aliphatic carbocycles. The fraction of sp³-hybridized carbons (Fsp3) is 0.250. The molecule has 2 amide bonds. The molecule has 0 saturated heterocycles. The van der Waals surface area contributed by atoms with Crippen LogP contribution in [0.25, 0.3) is 0 Å². The van der Waals surface area contributed by atoms with E-state index in [4.69, 9.17) is 0 Å². The number of rotatable bonds is 6. The predicted octanol–water partition coefficient (Wildman–Crippen LogP) is 2.86. The number of hydrazone groups is 1. The number of nitrogens with one attached hydrogen (secondary N) is 1. The lowest BCUT2D eigenvalue weighted by Gasteiger charge is -2.11. The molecule has 0 atom stereocenters. The van der Waals surface area contributed by atoms with Gasteiger partial charge < -0.3 is 5.32 Å². The highest BCUT2D eigenvalue weighted by Gasteiger charge is 2.21. The maximum Gasteiger partial charge on any atom is 0.243 e. The normalized spacial score (nSPS) is 13.4. The van der Waals surface area contributed by atoms with Crippen molar-refractivity contribution in [3.8, 4) is 0 Å². The molecule has 2 aromatic carbocycles. The van der Waals surface area contributed by atoms with E-state index >= 15 is 0 Å². The van der Waals surface area contributed by atoms with Gasteiger partial charge in [0.1, 0.15) is 5.82 Å². The van der Waals surface area contributed by atoms with Crippen molar-refractivity contribution >= 4 is 17.5 Å². The van der Waals surface area contributed by atoms with Crippen LogP contribution in [0.3, 0.4) is 0 Å². The van der Waals surface area contributed by atoms with Gasteiger partial charge in [0, 0.05) is 31.4 Å². The third kappa shape index (κ3) is 4.53. The Hall–Kier alpha value is -3.02. The molecule has 0 radical (unpaired) electrons. The lowest BCUT2D eigenvalue weighted by Crippen LogP contribution is -2.27. The van der Waals surface area contributed by atoms with E-state index in [0.717, 1.165) is 11.3 Å². The van der Waals surface area contributed by atoms with Crippen LogP contribution in [-0.2, 0) is 16.1 Å². The average molecular weight is 353 g/mol. The van der Waals surface area contributed by atoms with E-state index in [1.807, 2.05) is 30.3 Å². The van der Waals surface area contributed by atoms with E-state index in [1.165, 1.54) is 11.1 Å². The van der Waals surface area contributed by atoms with Crippen LogP contribution in [0.4, 0.5) is 4.39 Å². The summed E-state index contributed by atoms with van der Waals surface area (Å²) in [5.41, 5.74) is 2.30. The van der Waals surface area contributed by atoms with Crippen LogP contribution >= 0.6 is 0 Å². The number of halogens is 1. The van der Waals surface area contributed by atoms with Crippen molar-refractivity contribution in [2.75, 3.05) is 6.54 Å². The average Bonchev–Trinajstić information content (AvgIpc) is 3.16. The van der Waals surface area contributed by atoms with Crippen molar-refractivity contribution in [1.82, 2.24) is 10.3 Å². The molecule has 0 spiro atoms. The van der Waals surface area contributed by atoms with Gasteiger partial charge in [0.15, 0.2) is 0 Å². The highest BCUT2D eigenvalue weighted by atomic mass is 19.1. The van der Waals surface area contributed by atoms with Crippen LogP contribution in [0, 0.1) is 5.82 Å². The number of amides is 2. The molecule has 5 nitrogen and oxygen atoms in total. The van der Waals surface area contributed by atoms with Gasteiger partial charge in [-0.1, -0.05) is 48.5 Å². The fourth-order valence-electron chi connectivity index (χ4n) is 2.74. The Morgan fingerprint density at radius 1 is 1.04 bits per heavy atom. The zero-order valence-corrected chi connectivity index (χ0v) is 14.3. The topological polar surface area (TPSA) is 61.8 Å². The van der Waals surface area contributed by atoms with Gasteiger partial charge in [0.05, 0.1) is 12.3 Å². The molecule has 134 valence electrons. The van der Waals surface area contributed by atoms with Crippen LogP contribution in [0.15, 0.2) is 59.7 Å². The monoisotopic (exact) mass is 353 g/mol. The van der Waals surface area contributed by atoms with E-state index in [2.05, 4.69) is 10.4 Å². The Balaban J connectivity index is 1.46. The molecule has 1 N–H and O–H groups in total. The van der Waals surface area contributed by atoms with E-state index < -0.39 is 0 Å². The maximum atomic E-state index is 13.5. The van der Waals surface area contributed by atoms with Crippen LogP contribution in [-0.4, -0.2) is 29.1 Å². The molecular formula is C20H20FN3O2. The van der Waals surface area contributed by atoms with E-state index in [-0.39, 0.29) is 37.0 Å². The Labute approximate surface area is 151 Å². The minimum Gasteiger partial charge on any atom is -0.352 e. The van der Waals surface area contributed by atoms with Gasteiger partial charge in [-0.3, -0.25) is 9.59 Å². The minimum absolute atomic E-state index is 0.0555. The standard InChI is InChI=1S/C20H20FN3O2/c21-17-9-5-4-8-16(17)14-22-19(25)10-11-20(26)24-13-12-18(23-24)15-6-2-1-3-7-15/h1-9H,10-14H2,(H,22,25). The van der Waals surface area contributed by atoms with Gasteiger partial charge in [-0.15, -0.1) is 0 Å².